The van der Waals surface area contributed by atoms with E-state index in [0.29, 0.717) is 0 Å². The Labute approximate surface area is 339 Å². The Morgan fingerprint density at radius 2 is 0.293 bits per heavy atom. The second-order valence-corrected chi connectivity index (χ2v) is 15.0. The van der Waals surface area contributed by atoms with E-state index in [-0.39, 0.29) is 0 Å². The predicted molar refractivity (Wildman–Crippen MR) is 249 cm³/mol. The van der Waals surface area contributed by atoms with Crippen molar-refractivity contribution in [3.05, 3.63) is 231 Å². The van der Waals surface area contributed by atoms with E-state index in [1.54, 1.807) is 0 Å². The first kappa shape index (κ1) is 33.8. The third kappa shape index (κ3) is 5.38. The van der Waals surface area contributed by atoms with Crippen molar-refractivity contribution in [2.75, 3.05) is 0 Å². The Hall–Kier alpha value is -7.54. The van der Waals surface area contributed by atoms with Gasteiger partial charge < -0.3 is 0 Å². The van der Waals surface area contributed by atoms with Crippen molar-refractivity contribution in [3.8, 4) is 66.8 Å². The van der Waals surface area contributed by atoms with E-state index in [1.165, 1.54) is 110 Å². The highest BCUT2D eigenvalue weighted by atomic mass is 14.3. The molecule has 0 aliphatic carbocycles. The zero-order chi connectivity index (χ0) is 38.4. The average molecular weight is 735 g/mol. The molecule has 58 heavy (non-hydrogen) atoms. The van der Waals surface area contributed by atoms with Crippen LogP contribution in [-0.2, 0) is 0 Å². The van der Waals surface area contributed by atoms with Crippen LogP contribution in [0, 0.1) is 0 Å². The zero-order valence-corrected chi connectivity index (χ0v) is 31.9. The topological polar surface area (TPSA) is 0 Å². The smallest absolute Gasteiger partial charge is 0.000116 e. The van der Waals surface area contributed by atoms with E-state index >= 15 is 0 Å². The first-order valence-electron chi connectivity index (χ1n) is 20.1. The molecule has 0 unspecified atom stereocenters. The SMILES string of the molecule is c1ccc(-c2c3ccccc3c(-c3ccccc3)c3c(-c4ccccc4)c4c(-c5ccccc5)c5ccccc5c(-c5ccccc5)c4c(-c4ccccc4)c23)cc1. The van der Waals surface area contributed by atoms with Gasteiger partial charge in [-0.05, 0) is 110 Å². The molecule has 0 heterocycles. The molecule has 0 aliphatic rings. The van der Waals surface area contributed by atoms with Crippen LogP contribution in [0.5, 0.6) is 0 Å². The van der Waals surface area contributed by atoms with E-state index in [0.717, 1.165) is 0 Å². The number of hydrogen-bond donors (Lipinski definition) is 0. The van der Waals surface area contributed by atoms with Gasteiger partial charge in [0, 0.05) is 0 Å². The fourth-order valence-corrected chi connectivity index (χ4v) is 9.53. The lowest BCUT2D eigenvalue weighted by atomic mass is 9.74. The van der Waals surface area contributed by atoms with Gasteiger partial charge in [0.2, 0.25) is 0 Å². The lowest BCUT2D eigenvalue weighted by Crippen LogP contribution is -2.01. The minimum atomic E-state index is 1.19. The van der Waals surface area contributed by atoms with E-state index in [4.69, 9.17) is 0 Å². The molecule has 0 aliphatic heterocycles. The van der Waals surface area contributed by atoms with Crippen LogP contribution in [-0.4, -0.2) is 0 Å². The number of rotatable bonds is 6. The Kier molecular flexibility index (Phi) is 8.26. The summed E-state index contributed by atoms with van der Waals surface area (Å²) in [5.74, 6) is 0. The van der Waals surface area contributed by atoms with Gasteiger partial charge in [-0.15, -0.1) is 0 Å². The molecule has 0 amide bonds. The third-order valence-electron chi connectivity index (χ3n) is 11.8. The Morgan fingerprint density at radius 1 is 0.138 bits per heavy atom. The molecule has 0 radical (unpaired) electrons. The minimum Gasteiger partial charge on any atom is -0.0622 e. The second-order valence-electron chi connectivity index (χ2n) is 15.0. The van der Waals surface area contributed by atoms with Crippen LogP contribution in [0.1, 0.15) is 0 Å². The van der Waals surface area contributed by atoms with Crippen LogP contribution in [0.3, 0.4) is 0 Å². The molecule has 0 atom stereocenters. The molecule has 0 saturated carbocycles. The summed E-state index contributed by atoms with van der Waals surface area (Å²) >= 11 is 0. The number of benzene rings is 11. The second kappa shape index (κ2) is 14.2. The van der Waals surface area contributed by atoms with Gasteiger partial charge in [0.05, 0.1) is 0 Å². The summed E-state index contributed by atoms with van der Waals surface area (Å²) in [4.78, 5) is 0. The van der Waals surface area contributed by atoms with Gasteiger partial charge >= 0.3 is 0 Å². The summed E-state index contributed by atoms with van der Waals surface area (Å²) in [6.07, 6.45) is 0. The maximum absolute atomic E-state index is 2.33. The lowest BCUT2D eigenvalue weighted by molar-refractivity contribution is 1.62. The van der Waals surface area contributed by atoms with Gasteiger partial charge in [-0.25, -0.2) is 0 Å². The zero-order valence-electron chi connectivity index (χ0n) is 31.9. The first-order valence-corrected chi connectivity index (χ1v) is 20.1. The lowest BCUT2D eigenvalue weighted by Gasteiger charge is -2.28. The van der Waals surface area contributed by atoms with Crippen molar-refractivity contribution >= 4 is 43.1 Å². The quantitative estimate of drug-likeness (QED) is 0.149. The molecule has 0 bridgehead atoms. The van der Waals surface area contributed by atoms with Crippen molar-refractivity contribution in [1.29, 1.82) is 0 Å². The van der Waals surface area contributed by atoms with Crippen molar-refractivity contribution in [3.63, 3.8) is 0 Å². The Morgan fingerprint density at radius 3 is 0.483 bits per heavy atom. The summed E-state index contributed by atoms with van der Waals surface area (Å²) in [6, 6.07) is 84.7. The van der Waals surface area contributed by atoms with E-state index in [2.05, 4.69) is 231 Å². The van der Waals surface area contributed by atoms with Gasteiger partial charge in [-0.1, -0.05) is 231 Å². The number of fused-ring (bicyclic) bond motifs is 4. The summed E-state index contributed by atoms with van der Waals surface area (Å²) in [6.45, 7) is 0. The van der Waals surface area contributed by atoms with E-state index < -0.39 is 0 Å². The molecule has 11 aromatic rings. The highest BCUT2D eigenvalue weighted by molar-refractivity contribution is 6.39. The van der Waals surface area contributed by atoms with Crippen molar-refractivity contribution in [1.82, 2.24) is 0 Å². The van der Waals surface area contributed by atoms with Crippen molar-refractivity contribution in [2.24, 2.45) is 0 Å². The van der Waals surface area contributed by atoms with Crippen LogP contribution < -0.4 is 0 Å². The normalized spacial score (nSPS) is 11.4. The molecular formula is C58H38. The third-order valence-corrected chi connectivity index (χ3v) is 11.8. The molecule has 0 nitrogen and oxygen atoms in total. The largest absolute Gasteiger partial charge is 0.0622 e. The van der Waals surface area contributed by atoms with Crippen LogP contribution in [0.15, 0.2) is 231 Å². The van der Waals surface area contributed by atoms with Gasteiger partial charge in [0.15, 0.2) is 0 Å². The molecule has 270 valence electrons. The van der Waals surface area contributed by atoms with Crippen LogP contribution >= 0.6 is 0 Å². The summed E-state index contributed by atoms with van der Waals surface area (Å²) in [5.41, 5.74) is 14.7. The molecule has 0 aromatic heterocycles. The Bertz CT molecular complexity index is 2850. The maximum atomic E-state index is 2.33. The van der Waals surface area contributed by atoms with Gasteiger partial charge in [0.1, 0.15) is 0 Å². The average Bonchev–Trinajstić information content (AvgIpc) is 3.31. The Balaban J connectivity index is 1.60. The summed E-state index contributed by atoms with van der Waals surface area (Å²) < 4.78 is 0. The predicted octanol–water partition coefficient (Wildman–Crippen LogP) is 16.3. The first-order chi connectivity index (χ1) is 28.9. The molecule has 11 rings (SSSR count). The van der Waals surface area contributed by atoms with Gasteiger partial charge in [0.25, 0.3) is 0 Å². The van der Waals surface area contributed by atoms with Crippen LogP contribution in [0.4, 0.5) is 0 Å². The van der Waals surface area contributed by atoms with Crippen LogP contribution in [0.2, 0.25) is 0 Å². The highest BCUT2D eigenvalue weighted by Crippen LogP contribution is 2.58. The minimum absolute atomic E-state index is 1.19. The fraction of sp³-hybridized carbons (Fsp3) is 0. The molecule has 0 spiro atoms. The summed E-state index contributed by atoms with van der Waals surface area (Å²) in [5, 5.41) is 9.98. The fourth-order valence-electron chi connectivity index (χ4n) is 9.53. The molecule has 11 aromatic carbocycles. The van der Waals surface area contributed by atoms with Crippen molar-refractivity contribution < 1.29 is 0 Å². The molecule has 0 saturated heterocycles. The van der Waals surface area contributed by atoms with E-state index in [1.807, 2.05) is 0 Å². The molecule has 0 fully saturated rings. The number of hydrogen-bond acceptors (Lipinski definition) is 0. The monoisotopic (exact) mass is 734 g/mol. The highest BCUT2D eigenvalue weighted by Gasteiger charge is 2.30. The van der Waals surface area contributed by atoms with E-state index in [9.17, 15) is 0 Å². The standard InChI is InChI=1S/C58H38/c1-7-23-39(24-8-1)49-45-35-19-20-36-46(45)50(40-25-9-2-10-26-40)56-54(44-33-17-6-18-34-44)58-52(42-29-13-4-14-30-42)48-38-22-21-37-47(48)51(41-27-11-3-12-28-41)57(58)53(55(49)56)43-31-15-5-16-32-43/h1-38H. The molecule has 0 heteroatoms. The maximum Gasteiger partial charge on any atom is -0.000116 e. The van der Waals surface area contributed by atoms with Gasteiger partial charge in [-0.2, -0.15) is 0 Å². The van der Waals surface area contributed by atoms with Crippen molar-refractivity contribution in [2.45, 2.75) is 0 Å². The molecular weight excluding hydrogens is 697 g/mol. The van der Waals surface area contributed by atoms with Gasteiger partial charge in [-0.3, -0.25) is 0 Å². The summed E-state index contributed by atoms with van der Waals surface area (Å²) in [7, 11) is 0. The molecule has 0 N–H and O–H groups in total. The van der Waals surface area contributed by atoms with Crippen LogP contribution in [0.25, 0.3) is 110 Å².